The number of fused-ring (bicyclic) bond motifs is 1. The van der Waals surface area contributed by atoms with E-state index in [1.54, 1.807) is 11.3 Å². The van der Waals surface area contributed by atoms with E-state index in [-0.39, 0.29) is 0 Å². The van der Waals surface area contributed by atoms with Crippen LogP contribution in [0.5, 0.6) is 0 Å². The molecule has 1 fully saturated rings. The molecule has 1 aliphatic carbocycles. The Morgan fingerprint density at radius 3 is 2.94 bits per heavy atom. The second-order valence-electron chi connectivity index (χ2n) is 4.38. The van der Waals surface area contributed by atoms with Crippen LogP contribution in [-0.2, 0) is 6.54 Å². The lowest BCUT2D eigenvalue weighted by Crippen LogP contribution is -2.34. The van der Waals surface area contributed by atoms with Gasteiger partial charge >= 0.3 is 0 Å². The zero-order valence-electron chi connectivity index (χ0n) is 9.00. The van der Waals surface area contributed by atoms with Crippen LogP contribution < -0.4 is 5.32 Å². The van der Waals surface area contributed by atoms with Gasteiger partial charge in [-0.2, -0.15) is 0 Å². The third kappa shape index (κ3) is 1.97. The van der Waals surface area contributed by atoms with Gasteiger partial charge in [0, 0.05) is 17.5 Å². The van der Waals surface area contributed by atoms with Crippen LogP contribution in [-0.4, -0.2) is 6.04 Å². The van der Waals surface area contributed by atoms with Gasteiger partial charge in [-0.05, 0) is 30.4 Å². The van der Waals surface area contributed by atoms with E-state index in [4.69, 9.17) is 11.6 Å². The van der Waals surface area contributed by atoms with Crippen LogP contribution in [0.4, 0.5) is 0 Å². The van der Waals surface area contributed by atoms with Gasteiger partial charge < -0.3 is 5.32 Å². The fourth-order valence-corrected chi connectivity index (χ4v) is 3.34. The van der Waals surface area contributed by atoms with Crippen LogP contribution in [0.1, 0.15) is 24.1 Å². The topological polar surface area (TPSA) is 12.0 Å². The fraction of sp³-hybridized carbons (Fsp3) is 0.385. The van der Waals surface area contributed by atoms with Crippen molar-refractivity contribution in [3.63, 3.8) is 0 Å². The molecule has 2 aromatic rings. The minimum absolute atomic E-state index is 0.751. The summed E-state index contributed by atoms with van der Waals surface area (Å²) < 4.78 is 1.22. The minimum Gasteiger partial charge on any atom is -0.309 e. The zero-order valence-corrected chi connectivity index (χ0v) is 10.6. The second-order valence-corrected chi connectivity index (χ2v) is 5.92. The van der Waals surface area contributed by atoms with Gasteiger partial charge in [-0.1, -0.05) is 30.2 Å². The van der Waals surface area contributed by atoms with E-state index < -0.39 is 0 Å². The van der Waals surface area contributed by atoms with E-state index in [0.29, 0.717) is 0 Å². The maximum atomic E-state index is 6.16. The summed E-state index contributed by atoms with van der Waals surface area (Å²) >= 11 is 7.97. The molecule has 0 atom stereocenters. The van der Waals surface area contributed by atoms with Gasteiger partial charge in [0.15, 0.2) is 0 Å². The number of thiophene rings is 1. The molecular weight excluding hydrogens is 238 g/mol. The molecule has 1 aliphatic rings. The Bertz CT molecular complexity index is 502. The fourth-order valence-electron chi connectivity index (χ4n) is 2.03. The standard InChI is InChI=1S/C13H14ClNS/c14-12-6-1-3-9-7-11(16-13(9)12)8-15-10-4-2-5-10/h1,3,6-7,10,15H,2,4-5,8H2. The van der Waals surface area contributed by atoms with Crippen LogP contribution in [0.25, 0.3) is 10.1 Å². The number of hydrogen-bond acceptors (Lipinski definition) is 2. The Labute approximate surface area is 104 Å². The first kappa shape index (κ1) is 10.6. The van der Waals surface area contributed by atoms with Crippen molar-refractivity contribution in [3.8, 4) is 0 Å². The lowest BCUT2D eigenvalue weighted by Gasteiger charge is -2.26. The summed E-state index contributed by atoms with van der Waals surface area (Å²) in [6.07, 6.45) is 4.06. The van der Waals surface area contributed by atoms with Crippen LogP contribution in [0.15, 0.2) is 24.3 Å². The SMILES string of the molecule is Clc1cccc2cc(CNC3CCC3)sc12. The molecule has 0 radical (unpaired) electrons. The molecule has 0 aliphatic heterocycles. The summed E-state index contributed by atoms with van der Waals surface area (Å²) in [6.45, 7) is 0.986. The van der Waals surface area contributed by atoms with Crippen molar-refractivity contribution in [1.29, 1.82) is 0 Å². The van der Waals surface area contributed by atoms with E-state index in [9.17, 15) is 0 Å². The molecule has 3 heteroatoms. The highest BCUT2D eigenvalue weighted by atomic mass is 35.5. The molecule has 1 saturated carbocycles. The molecule has 1 N–H and O–H groups in total. The van der Waals surface area contributed by atoms with Gasteiger partial charge in [0.05, 0.1) is 9.72 Å². The zero-order chi connectivity index (χ0) is 11.0. The molecule has 1 nitrogen and oxygen atoms in total. The molecule has 0 spiro atoms. The van der Waals surface area contributed by atoms with E-state index in [1.807, 2.05) is 12.1 Å². The molecule has 1 aromatic heterocycles. The smallest absolute Gasteiger partial charge is 0.0584 e. The van der Waals surface area contributed by atoms with E-state index >= 15 is 0 Å². The number of rotatable bonds is 3. The number of nitrogens with one attached hydrogen (secondary N) is 1. The first-order valence-corrected chi connectivity index (χ1v) is 6.93. The molecule has 84 valence electrons. The second kappa shape index (κ2) is 4.36. The predicted octanol–water partition coefficient (Wildman–Crippen LogP) is 4.20. The van der Waals surface area contributed by atoms with Crippen molar-refractivity contribution in [2.45, 2.75) is 31.8 Å². The lowest BCUT2D eigenvalue weighted by molar-refractivity contribution is 0.339. The highest BCUT2D eigenvalue weighted by Gasteiger charge is 2.16. The molecule has 0 unspecified atom stereocenters. The Kier molecular flexibility index (Phi) is 2.88. The van der Waals surface area contributed by atoms with Gasteiger partial charge in [0.1, 0.15) is 0 Å². The van der Waals surface area contributed by atoms with Gasteiger partial charge in [0.25, 0.3) is 0 Å². The van der Waals surface area contributed by atoms with Crippen LogP contribution in [0.3, 0.4) is 0 Å². The van der Waals surface area contributed by atoms with E-state index in [2.05, 4.69) is 17.4 Å². The Hall–Kier alpha value is -0.570. The first-order valence-electron chi connectivity index (χ1n) is 5.73. The predicted molar refractivity (Wildman–Crippen MR) is 71.3 cm³/mol. The molecule has 0 amide bonds. The Morgan fingerprint density at radius 1 is 1.38 bits per heavy atom. The first-order chi connectivity index (χ1) is 7.83. The van der Waals surface area contributed by atoms with Crippen LogP contribution in [0.2, 0.25) is 5.02 Å². The van der Waals surface area contributed by atoms with Gasteiger partial charge in [-0.25, -0.2) is 0 Å². The summed E-state index contributed by atoms with van der Waals surface area (Å²) in [4.78, 5) is 1.38. The molecule has 0 saturated heterocycles. The average Bonchev–Trinajstić information content (AvgIpc) is 2.60. The van der Waals surface area contributed by atoms with E-state index in [1.165, 1.54) is 34.2 Å². The Morgan fingerprint density at radius 2 is 2.25 bits per heavy atom. The monoisotopic (exact) mass is 251 g/mol. The van der Waals surface area contributed by atoms with Crippen molar-refractivity contribution >= 4 is 33.0 Å². The Balaban J connectivity index is 1.79. The van der Waals surface area contributed by atoms with Crippen molar-refractivity contribution in [2.24, 2.45) is 0 Å². The summed E-state index contributed by atoms with van der Waals surface area (Å²) in [5.41, 5.74) is 0. The van der Waals surface area contributed by atoms with Crippen molar-refractivity contribution in [2.75, 3.05) is 0 Å². The molecule has 3 rings (SSSR count). The van der Waals surface area contributed by atoms with Crippen LogP contribution >= 0.6 is 22.9 Å². The van der Waals surface area contributed by atoms with Gasteiger partial charge in [-0.3, -0.25) is 0 Å². The van der Waals surface area contributed by atoms with Crippen molar-refractivity contribution in [1.82, 2.24) is 5.32 Å². The number of hydrogen-bond donors (Lipinski definition) is 1. The molecule has 1 heterocycles. The summed E-state index contributed by atoms with van der Waals surface area (Å²) in [7, 11) is 0. The summed E-state index contributed by atoms with van der Waals surface area (Å²) in [5, 5.41) is 5.72. The van der Waals surface area contributed by atoms with Crippen molar-refractivity contribution < 1.29 is 0 Å². The highest BCUT2D eigenvalue weighted by Crippen LogP contribution is 2.32. The van der Waals surface area contributed by atoms with E-state index in [0.717, 1.165) is 17.6 Å². The maximum absolute atomic E-state index is 6.16. The molecule has 1 aromatic carbocycles. The summed E-state index contributed by atoms with van der Waals surface area (Å²) in [5.74, 6) is 0. The maximum Gasteiger partial charge on any atom is 0.0584 e. The average molecular weight is 252 g/mol. The quantitative estimate of drug-likeness (QED) is 0.862. The molecular formula is C13H14ClNS. The third-order valence-corrected chi connectivity index (χ3v) is 4.83. The highest BCUT2D eigenvalue weighted by molar-refractivity contribution is 7.19. The number of benzene rings is 1. The largest absolute Gasteiger partial charge is 0.309 e. The van der Waals surface area contributed by atoms with Crippen molar-refractivity contribution in [3.05, 3.63) is 34.2 Å². The minimum atomic E-state index is 0.751. The normalized spacial score (nSPS) is 16.6. The molecule has 16 heavy (non-hydrogen) atoms. The molecule has 0 bridgehead atoms. The summed E-state index contributed by atoms with van der Waals surface area (Å²) in [6, 6.07) is 9.10. The third-order valence-electron chi connectivity index (χ3n) is 3.22. The van der Waals surface area contributed by atoms with Crippen LogP contribution in [0, 0.1) is 0 Å². The van der Waals surface area contributed by atoms with Gasteiger partial charge in [-0.15, -0.1) is 11.3 Å². The lowest BCUT2D eigenvalue weighted by atomic mass is 9.93. The number of halogens is 1. The van der Waals surface area contributed by atoms with Gasteiger partial charge in [0.2, 0.25) is 0 Å².